The van der Waals surface area contributed by atoms with Crippen molar-refractivity contribution in [3.05, 3.63) is 35.4 Å². The normalized spacial score (nSPS) is 12.6. The number of benzene rings is 1. The van der Waals surface area contributed by atoms with E-state index in [9.17, 15) is 26.7 Å². The molecule has 0 fully saturated rings. The van der Waals surface area contributed by atoms with Crippen molar-refractivity contribution in [1.82, 2.24) is 5.32 Å². The standard InChI is InChI=1S/C10H8F5NO.BrH/c1-5(10(13,14)15)16-9(17)7-4-6(11)2-3-8(7)12;/h2-5H,1H3,(H,16,17);1H/t5-;/m0./s1. The van der Waals surface area contributed by atoms with Gasteiger partial charge in [0.1, 0.15) is 17.7 Å². The highest BCUT2D eigenvalue weighted by Gasteiger charge is 2.37. The number of carbonyl (C=O) groups is 1. The van der Waals surface area contributed by atoms with E-state index in [1.165, 1.54) is 5.32 Å². The first-order chi connectivity index (χ1) is 7.71. The van der Waals surface area contributed by atoms with Crippen molar-refractivity contribution in [3.8, 4) is 0 Å². The molecule has 1 aromatic rings. The van der Waals surface area contributed by atoms with Crippen LogP contribution in [0.5, 0.6) is 0 Å². The van der Waals surface area contributed by atoms with E-state index in [-0.39, 0.29) is 17.0 Å². The summed E-state index contributed by atoms with van der Waals surface area (Å²) in [6, 6.07) is -0.173. The Morgan fingerprint density at radius 1 is 1.28 bits per heavy atom. The molecule has 0 bridgehead atoms. The van der Waals surface area contributed by atoms with E-state index in [1.54, 1.807) is 0 Å². The Balaban J connectivity index is 0.00000289. The van der Waals surface area contributed by atoms with Crippen LogP contribution >= 0.6 is 17.0 Å². The lowest BCUT2D eigenvalue weighted by Crippen LogP contribution is -2.43. The Hall–Kier alpha value is -1.18. The summed E-state index contributed by atoms with van der Waals surface area (Å²) in [4.78, 5) is 11.3. The van der Waals surface area contributed by atoms with Gasteiger partial charge in [0.05, 0.1) is 5.56 Å². The second-order valence-electron chi connectivity index (χ2n) is 3.36. The highest BCUT2D eigenvalue weighted by Crippen LogP contribution is 2.20. The van der Waals surface area contributed by atoms with Crippen LogP contribution in [-0.4, -0.2) is 18.1 Å². The van der Waals surface area contributed by atoms with Crippen LogP contribution in [0.15, 0.2) is 18.2 Å². The van der Waals surface area contributed by atoms with Crippen LogP contribution in [0.3, 0.4) is 0 Å². The maximum atomic E-state index is 13.1. The Kier molecular flexibility index (Phi) is 5.72. The van der Waals surface area contributed by atoms with Crippen molar-refractivity contribution in [1.29, 1.82) is 0 Å². The first-order valence-electron chi connectivity index (χ1n) is 4.54. The van der Waals surface area contributed by atoms with Gasteiger partial charge in [-0.3, -0.25) is 4.79 Å². The molecule has 0 unspecified atom stereocenters. The Morgan fingerprint density at radius 2 is 1.83 bits per heavy atom. The van der Waals surface area contributed by atoms with E-state index in [4.69, 9.17) is 0 Å². The van der Waals surface area contributed by atoms with Gasteiger partial charge in [0, 0.05) is 0 Å². The van der Waals surface area contributed by atoms with Gasteiger partial charge in [0.25, 0.3) is 5.91 Å². The largest absolute Gasteiger partial charge is 0.408 e. The summed E-state index contributed by atoms with van der Waals surface area (Å²) in [6.07, 6.45) is -4.64. The van der Waals surface area contributed by atoms with Gasteiger partial charge in [0.15, 0.2) is 0 Å². The number of carbonyl (C=O) groups excluding carboxylic acids is 1. The van der Waals surface area contributed by atoms with Crippen molar-refractivity contribution >= 4 is 22.9 Å². The first kappa shape index (κ1) is 16.8. The minimum absolute atomic E-state index is 0. The fourth-order valence-electron chi connectivity index (χ4n) is 1.03. The monoisotopic (exact) mass is 333 g/mol. The third kappa shape index (κ3) is 4.25. The molecule has 1 atom stereocenters. The van der Waals surface area contributed by atoms with E-state index >= 15 is 0 Å². The van der Waals surface area contributed by atoms with Gasteiger partial charge in [0.2, 0.25) is 0 Å². The fourth-order valence-corrected chi connectivity index (χ4v) is 1.03. The Morgan fingerprint density at radius 3 is 2.33 bits per heavy atom. The van der Waals surface area contributed by atoms with Crippen molar-refractivity contribution in [2.45, 2.75) is 19.1 Å². The number of hydrogen-bond donors (Lipinski definition) is 1. The van der Waals surface area contributed by atoms with E-state index in [1.807, 2.05) is 0 Å². The lowest BCUT2D eigenvalue weighted by atomic mass is 10.2. The molecule has 102 valence electrons. The molecular formula is C10H9BrF5NO. The molecule has 0 saturated heterocycles. The summed E-state index contributed by atoms with van der Waals surface area (Å²) in [7, 11) is 0. The summed E-state index contributed by atoms with van der Waals surface area (Å²) in [5.41, 5.74) is -0.763. The summed E-state index contributed by atoms with van der Waals surface area (Å²) >= 11 is 0. The molecule has 0 aliphatic carbocycles. The van der Waals surface area contributed by atoms with Gasteiger partial charge in [-0.2, -0.15) is 13.2 Å². The van der Waals surface area contributed by atoms with Crippen molar-refractivity contribution < 1.29 is 26.7 Å². The van der Waals surface area contributed by atoms with Crippen molar-refractivity contribution in [3.63, 3.8) is 0 Å². The predicted octanol–water partition coefficient (Wildman–Crippen LogP) is 3.22. The van der Waals surface area contributed by atoms with E-state index < -0.39 is 35.3 Å². The maximum absolute atomic E-state index is 13.1. The average molecular weight is 334 g/mol. The van der Waals surface area contributed by atoms with Crippen molar-refractivity contribution in [2.24, 2.45) is 0 Å². The molecule has 1 aromatic carbocycles. The number of hydrogen-bond acceptors (Lipinski definition) is 1. The first-order valence-corrected chi connectivity index (χ1v) is 4.54. The minimum Gasteiger partial charge on any atom is -0.340 e. The summed E-state index contributed by atoms with van der Waals surface area (Å²) in [5.74, 6) is -3.30. The van der Waals surface area contributed by atoms with Crippen LogP contribution in [0, 0.1) is 11.6 Å². The SMILES string of the molecule is Br.C[C@H](NC(=O)c1cc(F)ccc1F)C(F)(F)F. The Labute approximate surface area is 110 Å². The number of amides is 1. The second kappa shape index (κ2) is 6.12. The van der Waals surface area contributed by atoms with E-state index in [0.717, 1.165) is 6.07 Å². The highest BCUT2D eigenvalue weighted by atomic mass is 79.9. The molecule has 2 nitrogen and oxygen atoms in total. The van der Waals surface area contributed by atoms with Gasteiger partial charge >= 0.3 is 6.18 Å². The van der Waals surface area contributed by atoms with Gasteiger partial charge in [-0.25, -0.2) is 8.78 Å². The molecular weight excluding hydrogens is 325 g/mol. The van der Waals surface area contributed by atoms with Crippen LogP contribution in [-0.2, 0) is 0 Å². The van der Waals surface area contributed by atoms with Crippen LogP contribution < -0.4 is 5.32 Å². The quantitative estimate of drug-likeness (QED) is 0.827. The third-order valence-electron chi connectivity index (χ3n) is 2.01. The minimum atomic E-state index is -4.64. The molecule has 1 rings (SSSR count). The van der Waals surface area contributed by atoms with Crippen molar-refractivity contribution in [2.75, 3.05) is 0 Å². The van der Waals surface area contributed by atoms with Crippen LogP contribution in [0.25, 0.3) is 0 Å². The van der Waals surface area contributed by atoms with Crippen LogP contribution in [0.4, 0.5) is 22.0 Å². The topological polar surface area (TPSA) is 29.1 Å². The lowest BCUT2D eigenvalue weighted by Gasteiger charge is -2.17. The lowest BCUT2D eigenvalue weighted by molar-refractivity contribution is -0.149. The van der Waals surface area contributed by atoms with Gasteiger partial charge < -0.3 is 5.32 Å². The molecule has 8 heteroatoms. The van der Waals surface area contributed by atoms with E-state index in [0.29, 0.717) is 19.1 Å². The number of nitrogens with one attached hydrogen (secondary N) is 1. The highest BCUT2D eigenvalue weighted by molar-refractivity contribution is 8.93. The fraction of sp³-hybridized carbons (Fsp3) is 0.300. The molecule has 0 saturated carbocycles. The molecule has 0 aliphatic rings. The number of alkyl halides is 3. The predicted molar refractivity (Wildman–Crippen MR) is 59.7 cm³/mol. The molecule has 0 aromatic heterocycles. The van der Waals surface area contributed by atoms with Crippen LogP contribution in [0.1, 0.15) is 17.3 Å². The van der Waals surface area contributed by atoms with Gasteiger partial charge in [-0.15, -0.1) is 17.0 Å². The molecule has 18 heavy (non-hydrogen) atoms. The smallest absolute Gasteiger partial charge is 0.340 e. The number of rotatable bonds is 2. The molecule has 1 N–H and O–H groups in total. The molecule has 0 radical (unpaired) electrons. The molecule has 0 heterocycles. The zero-order valence-electron chi connectivity index (χ0n) is 9.02. The summed E-state index contributed by atoms with van der Waals surface area (Å²) in [5, 5.41) is 1.53. The van der Waals surface area contributed by atoms with Gasteiger partial charge in [-0.1, -0.05) is 0 Å². The van der Waals surface area contributed by atoms with Crippen LogP contribution in [0.2, 0.25) is 0 Å². The zero-order chi connectivity index (χ0) is 13.2. The molecule has 0 spiro atoms. The zero-order valence-corrected chi connectivity index (χ0v) is 10.7. The molecule has 1 amide bonds. The summed E-state index contributed by atoms with van der Waals surface area (Å²) in [6.45, 7) is 0.703. The summed E-state index contributed by atoms with van der Waals surface area (Å²) < 4.78 is 62.1. The second-order valence-corrected chi connectivity index (χ2v) is 3.36. The Bertz CT molecular complexity index is 435. The maximum Gasteiger partial charge on any atom is 0.408 e. The van der Waals surface area contributed by atoms with Gasteiger partial charge in [-0.05, 0) is 25.1 Å². The number of halogens is 6. The third-order valence-corrected chi connectivity index (χ3v) is 2.01. The molecule has 0 aliphatic heterocycles. The average Bonchev–Trinajstić information content (AvgIpc) is 2.20. The van der Waals surface area contributed by atoms with E-state index in [2.05, 4.69) is 0 Å².